The smallest absolute Gasteiger partial charge is 0.300 e. The quantitative estimate of drug-likeness (QED) is 0.584. The van der Waals surface area contributed by atoms with Gasteiger partial charge >= 0.3 is 0 Å². The van der Waals surface area contributed by atoms with Gasteiger partial charge in [-0.2, -0.15) is 0 Å². The molecule has 3 heterocycles. The first-order valence-corrected chi connectivity index (χ1v) is 10.9. The van der Waals surface area contributed by atoms with E-state index in [1.165, 1.54) is 16.8 Å². The maximum atomic E-state index is 13.2. The predicted octanol–water partition coefficient (Wildman–Crippen LogP) is 3.65. The van der Waals surface area contributed by atoms with E-state index >= 15 is 0 Å². The number of aliphatic carboxylic acids is 1. The molecule has 0 aliphatic carbocycles. The van der Waals surface area contributed by atoms with Gasteiger partial charge in [0.2, 0.25) is 5.91 Å². The van der Waals surface area contributed by atoms with Crippen molar-refractivity contribution in [2.24, 2.45) is 0 Å². The minimum Gasteiger partial charge on any atom is -0.497 e. The predicted molar refractivity (Wildman–Crippen MR) is 123 cm³/mol. The molecular formula is C25H29N3O4. The van der Waals surface area contributed by atoms with Crippen molar-refractivity contribution in [2.75, 3.05) is 13.7 Å². The monoisotopic (exact) mass is 435 g/mol. The summed E-state index contributed by atoms with van der Waals surface area (Å²) < 4.78 is 5.39. The standard InChI is InChI=1S/C23H25N3O2.C2H4O2/c1-28-16-7-8-20-17(13-16)18-14-26(12-11-21(18)25-20)23(27)22-10-9-19(24-22)15-5-3-2-4-6-15;1-2(3)4/h2-8,13,19,22,24-25H,9-12,14H2,1H3;1H3,(H,3,4)/t19-,22-;/m1./s1. The Kier molecular flexibility index (Phi) is 6.46. The number of fused-ring (bicyclic) bond motifs is 3. The van der Waals surface area contributed by atoms with Crippen molar-refractivity contribution in [2.45, 2.75) is 44.8 Å². The van der Waals surface area contributed by atoms with Crippen LogP contribution in [-0.4, -0.2) is 46.6 Å². The molecule has 0 saturated carbocycles. The van der Waals surface area contributed by atoms with Crippen LogP contribution in [0.3, 0.4) is 0 Å². The highest BCUT2D eigenvalue weighted by Crippen LogP contribution is 2.32. The number of rotatable bonds is 3. The maximum Gasteiger partial charge on any atom is 0.300 e. The molecule has 1 amide bonds. The van der Waals surface area contributed by atoms with Crippen molar-refractivity contribution in [3.63, 3.8) is 0 Å². The van der Waals surface area contributed by atoms with E-state index in [2.05, 4.69) is 46.7 Å². The number of carbonyl (C=O) groups is 2. The van der Waals surface area contributed by atoms with Crippen LogP contribution in [0, 0.1) is 0 Å². The highest BCUT2D eigenvalue weighted by Gasteiger charge is 2.34. The molecule has 1 saturated heterocycles. The minimum absolute atomic E-state index is 0.0912. The second kappa shape index (κ2) is 9.44. The van der Waals surface area contributed by atoms with E-state index in [1.807, 2.05) is 17.0 Å². The zero-order valence-corrected chi connectivity index (χ0v) is 18.4. The number of hydrogen-bond donors (Lipinski definition) is 3. The average molecular weight is 436 g/mol. The van der Waals surface area contributed by atoms with Crippen LogP contribution in [-0.2, 0) is 22.6 Å². The number of aromatic nitrogens is 1. The summed E-state index contributed by atoms with van der Waals surface area (Å²) in [6.45, 7) is 2.51. The van der Waals surface area contributed by atoms with Crippen molar-refractivity contribution in [3.8, 4) is 5.75 Å². The van der Waals surface area contributed by atoms with Gasteiger partial charge in [-0.05, 0) is 36.6 Å². The molecule has 3 aromatic rings. The first kappa shape index (κ1) is 21.9. The summed E-state index contributed by atoms with van der Waals surface area (Å²) >= 11 is 0. The Morgan fingerprint density at radius 3 is 2.59 bits per heavy atom. The Morgan fingerprint density at radius 1 is 1.12 bits per heavy atom. The van der Waals surface area contributed by atoms with Gasteiger partial charge in [0.1, 0.15) is 5.75 Å². The van der Waals surface area contributed by atoms with Crippen LogP contribution in [0.2, 0.25) is 0 Å². The number of nitrogens with zero attached hydrogens (tertiary/aromatic N) is 1. The lowest BCUT2D eigenvalue weighted by Crippen LogP contribution is -2.45. The molecule has 1 aromatic heterocycles. The Bertz CT molecular complexity index is 1110. The SMILES string of the molecule is CC(=O)O.COc1ccc2[nH]c3c(c2c1)CN(C(=O)[C@H]1CC[C@H](c2ccccc2)N1)CC3. The van der Waals surface area contributed by atoms with Gasteiger partial charge in [0, 0.05) is 54.6 Å². The molecule has 7 nitrogen and oxygen atoms in total. The van der Waals surface area contributed by atoms with Gasteiger partial charge in [-0.1, -0.05) is 30.3 Å². The molecule has 0 unspecified atom stereocenters. The fourth-order valence-electron chi connectivity index (χ4n) is 4.61. The molecule has 2 atom stereocenters. The molecule has 168 valence electrons. The maximum absolute atomic E-state index is 13.2. The van der Waals surface area contributed by atoms with Gasteiger partial charge in [0.05, 0.1) is 13.2 Å². The van der Waals surface area contributed by atoms with Gasteiger partial charge in [-0.3, -0.25) is 14.9 Å². The number of nitrogens with one attached hydrogen (secondary N) is 2. The number of methoxy groups -OCH3 is 1. The minimum atomic E-state index is -0.833. The molecule has 7 heteroatoms. The van der Waals surface area contributed by atoms with Crippen LogP contribution in [0.15, 0.2) is 48.5 Å². The lowest BCUT2D eigenvalue weighted by atomic mass is 10.0. The Hall–Kier alpha value is -3.32. The second-order valence-corrected chi connectivity index (χ2v) is 8.28. The first-order chi connectivity index (χ1) is 15.5. The van der Waals surface area contributed by atoms with Gasteiger partial charge < -0.3 is 19.7 Å². The number of aromatic amines is 1. The highest BCUT2D eigenvalue weighted by molar-refractivity contribution is 5.88. The summed E-state index contributed by atoms with van der Waals surface area (Å²) in [5.41, 5.74) is 4.85. The van der Waals surface area contributed by atoms with Crippen LogP contribution in [0.25, 0.3) is 10.9 Å². The first-order valence-electron chi connectivity index (χ1n) is 10.9. The Balaban J connectivity index is 0.000000567. The van der Waals surface area contributed by atoms with E-state index in [0.29, 0.717) is 6.54 Å². The number of carboxylic acid groups (broad SMARTS) is 1. The number of carbonyl (C=O) groups excluding carboxylic acids is 1. The van der Waals surface area contributed by atoms with E-state index in [-0.39, 0.29) is 18.0 Å². The number of benzene rings is 2. The fourth-order valence-corrected chi connectivity index (χ4v) is 4.61. The summed E-state index contributed by atoms with van der Waals surface area (Å²) in [5.74, 6) is 0.238. The van der Waals surface area contributed by atoms with E-state index in [4.69, 9.17) is 14.6 Å². The third-order valence-corrected chi connectivity index (χ3v) is 6.14. The van der Waals surface area contributed by atoms with Gasteiger partial charge in [-0.15, -0.1) is 0 Å². The van der Waals surface area contributed by atoms with Crippen LogP contribution >= 0.6 is 0 Å². The number of hydrogen-bond acceptors (Lipinski definition) is 4. The van der Waals surface area contributed by atoms with Gasteiger partial charge in [0.25, 0.3) is 5.97 Å². The molecular weight excluding hydrogens is 406 g/mol. The lowest BCUT2D eigenvalue weighted by Gasteiger charge is -2.30. The molecule has 2 aliphatic heterocycles. The summed E-state index contributed by atoms with van der Waals surface area (Å²) in [5, 5.41) is 12.1. The van der Waals surface area contributed by atoms with Gasteiger partial charge in [0.15, 0.2) is 0 Å². The zero-order valence-electron chi connectivity index (χ0n) is 18.4. The number of H-pyrrole nitrogens is 1. The van der Waals surface area contributed by atoms with Crippen LogP contribution < -0.4 is 10.1 Å². The molecule has 2 aliphatic rings. The Morgan fingerprint density at radius 2 is 1.88 bits per heavy atom. The summed E-state index contributed by atoms with van der Waals surface area (Å²) in [7, 11) is 1.69. The molecule has 1 fully saturated rings. The third-order valence-electron chi connectivity index (χ3n) is 6.14. The van der Waals surface area contributed by atoms with Crippen molar-refractivity contribution >= 4 is 22.8 Å². The summed E-state index contributed by atoms with van der Waals surface area (Å²) in [6, 6.07) is 16.7. The van der Waals surface area contributed by atoms with Crippen molar-refractivity contribution in [3.05, 3.63) is 65.4 Å². The fraction of sp³-hybridized carbons (Fsp3) is 0.360. The van der Waals surface area contributed by atoms with Crippen LogP contribution in [0.1, 0.15) is 42.6 Å². The molecule has 0 bridgehead atoms. The molecule has 2 aromatic carbocycles. The Labute approximate surface area is 187 Å². The van der Waals surface area contributed by atoms with Crippen molar-refractivity contribution < 1.29 is 19.4 Å². The van der Waals surface area contributed by atoms with E-state index < -0.39 is 5.97 Å². The van der Waals surface area contributed by atoms with E-state index in [1.54, 1.807) is 7.11 Å². The largest absolute Gasteiger partial charge is 0.497 e. The normalized spacial score (nSPS) is 19.8. The van der Waals surface area contributed by atoms with Crippen molar-refractivity contribution in [1.29, 1.82) is 0 Å². The molecule has 5 rings (SSSR count). The van der Waals surface area contributed by atoms with E-state index in [9.17, 15) is 4.79 Å². The second-order valence-electron chi connectivity index (χ2n) is 8.28. The number of ether oxygens (including phenoxy) is 1. The van der Waals surface area contributed by atoms with E-state index in [0.717, 1.165) is 49.4 Å². The molecule has 32 heavy (non-hydrogen) atoms. The number of amides is 1. The van der Waals surface area contributed by atoms with Crippen LogP contribution in [0.5, 0.6) is 5.75 Å². The third kappa shape index (κ3) is 4.62. The zero-order chi connectivity index (χ0) is 22.7. The number of carboxylic acids is 1. The molecule has 0 spiro atoms. The van der Waals surface area contributed by atoms with Crippen LogP contribution in [0.4, 0.5) is 0 Å². The molecule has 3 N–H and O–H groups in total. The van der Waals surface area contributed by atoms with Gasteiger partial charge in [-0.25, -0.2) is 0 Å². The summed E-state index contributed by atoms with van der Waals surface area (Å²) in [4.78, 5) is 27.7. The highest BCUT2D eigenvalue weighted by atomic mass is 16.5. The van der Waals surface area contributed by atoms with Crippen molar-refractivity contribution in [1.82, 2.24) is 15.2 Å². The molecule has 0 radical (unpaired) electrons. The lowest BCUT2D eigenvalue weighted by molar-refractivity contribution is -0.135. The average Bonchev–Trinajstić information content (AvgIpc) is 3.43. The summed E-state index contributed by atoms with van der Waals surface area (Å²) in [6.07, 6.45) is 2.76. The topological polar surface area (TPSA) is 94.7 Å².